The monoisotopic (exact) mass is 279 g/mol. The molecule has 6 nitrogen and oxygen atoms in total. The molecule has 7 heteroatoms. The van der Waals surface area contributed by atoms with Gasteiger partial charge in [0.2, 0.25) is 5.91 Å². The standard InChI is InChI=1S/C12H13N3O3S/c16-11(2-1-9-4-6-19-8-9)13-10-3-5-15(14-10)7-12(17)18/h3-6,8H,1-2,7H2,(H,17,18)(H,13,14,16). The van der Waals surface area contributed by atoms with E-state index >= 15 is 0 Å². The van der Waals surface area contributed by atoms with Crippen molar-refractivity contribution >= 4 is 29.0 Å². The third-order valence-corrected chi connectivity index (χ3v) is 3.16. The third-order valence-electron chi connectivity index (χ3n) is 2.43. The van der Waals surface area contributed by atoms with E-state index in [1.807, 2.05) is 16.8 Å². The van der Waals surface area contributed by atoms with Gasteiger partial charge in [-0.05, 0) is 28.8 Å². The number of hydrogen-bond acceptors (Lipinski definition) is 4. The number of rotatable bonds is 6. The summed E-state index contributed by atoms with van der Waals surface area (Å²) in [6, 6.07) is 3.56. The van der Waals surface area contributed by atoms with Crippen molar-refractivity contribution in [3.8, 4) is 0 Å². The van der Waals surface area contributed by atoms with E-state index in [1.165, 1.54) is 10.9 Å². The summed E-state index contributed by atoms with van der Waals surface area (Å²) >= 11 is 1.60. The molecule has 0 aliphatic carbocycles. The first kappa shape index (κ1) is 13.3. The van der Waals surface area contributed by atoms with Crippen molar-refractivity contribution in [2.75, 3.05) is 5.32 Å². The van der Waals surface area contributed by atoms with Crippen LogP contribution in [-0.2, 0) is 22.6 Å². The molecule has 2 N–H and O–H groups in total. The number of carbonyl (C=O) groups excluding carboxylic acids is 1. The highest BCUT2D eigenvalue weighted by molar-refractivity contribution is 7.07. The van der Waals surface area contributed by atoms with Crippen LogP contribution < -0.4 is 5.32 Å². The quantitative estimate of drug-likeness (QED) is 0.841. The minimum absolute atomic E-state index is 0.133. The van der Waals surface area contributed by atoms with E-state index in [4.69, 9.17) is 5.11 Å². The lowest BCUT2D eigenvalue weighted by molar-refractivity contribution is -0.137. The Morgan fingerprint density at radius 2 is 2.26 bits per heavy atom. The van der Waals surface area contributed by atoms with Gasteiger partial charge in [0.15, 0.2) is 5.82 Å². The second kappa shape index (κ2) is 6.14. The summed E-state index contributed by atoms with van der Waals surface area (Å²) in [7, 11) is 0. The number of nitrogens with one attached hydrogen (secondary N) is 1. The highest BCUT2D eigenvalue weighted by Crippen LogP contribution is 2.09. The van der Waals surface area contributed by atoms with Crippen LogP contribution in [0.2, 0.25) is 0 Å². The van der Waals surface area contributed by atoms with E-state index in [-0.39, 0.29) is 12.5 Å². The van der Waals surface area contributed by atoms with Crippen LogP contribution in [0.1, 0.15) is 12.0 Å². The molecular weight excluding hydrogens is 266 g/mol. The van der Waals surface area contributed by atoms with Gasteiger partial charge >= 0.3 is 5.97 Å². The molecule has 1 amide bonds. The lowest BCUT2D eigenvalue weighted by Gasteiger charge is -2.01. The molecule has 0 bridgehead atoms. The molecule has 100 valence electrons. The Bertz CT molecular complexity index is 563. The second-order valence-corrected chi connectivity index (χ2v) is 4.75. The summed E-state index contributed by atoms with van der Waals surface area (Å²) < 4.78 is 1.26. The van der Waals surface area contributed by atoms with Crippen LogP contribution in [0.15, 0.2) is 29.1 Å². The number of thiophene rings is 1. The molecule has 2 aromatic rings. The molecule has 0 atom stereocenters. The van der Waals surface area contributed by atoms with Gasteiger partial charge in [0, 0.05) is 18.7 Å². The number of aryl methyl sites for hydroxylation is 1. The molecule has 2 heterocycles. The van der Waals surface area contributed by atoms with E-state index in [1.54, 1.807) is 17.4 Å². The number of hydrogen-bond donors (Lipinski definition) is 2. The highest BCUT2D eigenvalue weighted by Gasteiger charge is 2.07. The predicted molar refractivity (Wildman–Crippen MR) is 71.1 cm³/mol. The van der Waals surface area contributed by atoms with Gasteiger partial charge in [-0.3, -0.25) is 14.3 Å². The van der Waals surface area contributed by atoms with Crippen LogP contribution in [0.3, 0.4) is 0 Å². The SMILES string of the molecule is O=C(O)Cn1ccc(NC(=O)CCc2ccsc2)n1. The smallest absolute Gasteiger partial charge is 0.325 e. The zero-order valence-corrected chi connectivity index (χ0v) is 10.9. The summed E-state index contributed by atoms with van der Waals surface area (Å²) in [6.07, 6.45) is 2.58. The van der Waals surface area contributed by atoms with Gasteiger partial charge in [-0.2, -0.15) is 16.4 Å². The van der Waals surface area contributed by atoms with Crippen molar-refractivity contribution in [2.45, 2.75) is 19.4 Å². The number of anilines is 1. The van der Waals surface area contributed by atoms with Gasteiger partial charge < -0.3 is 10.4 Å². The van der Waals surface area contributed by atoms with E-state index in [2.05, 4.69) is 10.4 Å². The Kier molecular flexibility index (Phi) is 4.30. The molecule has 0 spiro atoms. The minimum Gasteiger partial charge on any atom is -0.480 e. The zero-order chi connectivity index (χ0) is 13.7. The molecule has 0 radical (unpaired) electrons. The summed E-state index contributed by atoms with van der Waals surface area (Å²) in [4.78, 5) is 22.2. The van der Waals surface area contributed by atoms with E-state index in [0.29, 0.717) is 18.7 Å². The number of carboxylic acid groups (broad SMARTS) is 1. The maximum atomic E-state index is 11.7. The van der Waals surface area contributed by atoms with Crippen molar-refractivity contribution in [3.63, 3.8) is 0 Å². The lowest BCUT2D eigenvalue weighted by atomic mass is 10.2. The number of carbonyl (C=O) groups is 2. The number of aliphatic carboxylic acids is 1. The molecule has 0 unspecified atom stereocenters. The molecular formula is C12H13N3O3S. The average molecular weight is 279 g/mol. The molecule has 2 aromatic heterocycles. The Morgan fingerprint density at radius 1 is 1.42 bits per heavy atom. The number of amides is 1. The molecule has 0 saturated carbocycles. The van der Waals surface area contributed by atoms with Crippen LogP contribution in [0.4, 0.5) is 5.82 Å². The van der Waals surface area contributed by atoms with Crippen LogP contribution in [0, 0.1) is 0 Å². The summed E-state index contributed by atoms with van der Waals surface area (Å²) in [5.41, 5.74) is 1.14. The first-order chi connectivity index (χ1) is 9.13. The van der Waals surface area contributed by atoms with E-state index in [9.17, 15) is 9.59 Å². The Hall–Kier alpha value is -2.15. The van der Waals surface area contributed by atoms with Gasteiger partial charge in [-0.25, -0.2) is 0 Å². The largest absolute Gasteiger partial charge is 0.480 e. The first-order valence-electron chi connectivity index (χ1n) is 5.69. The summed E-state index contributed by atoms with van der Waals surface area (Å²) in [5.74, 6) is -0.734. The van der Waals surface area contributed by atoms with Gasteiger partial charge in [-0.1, -0.05) is 0 Å². The van der Waals surface area contributed by atoms with Crippen molar-refractivity contribution in [3.05, 3.63) is 34.7 Å². The Balaban J connectivity index is 1.81. The van der Waals surface area contributed by atoms with Crippen molar-refractivity contribution in [1.82, 2.24) is 9.78 Å². The fraction of sp³-hybridized carbons (Fsp3) is 0.250. The highest BCUT2D eigenvalue weighted by atomic mass is 32.1. The normalized spacial score (nSPS) is 10.3. The number of carboxylic acids is 1. The van der Waals surface area contributed by atoms with Crippen molar-refractivity contribution < 1.29 is 14.7 Å². The van der Waals surface area contributed by atoms with Crippen LogP contribution in [0.5, 0.6) is 0 Å². The minimum atomic E-state index is -0.974. The van der Waals surface area contributed by atoms with Gasteiger partial charge in [0.05, 0.1) is 0 Å². The molecule has 0 saturated heterocycles. The fourth-order valence-electron chi connectivity index (χ4n) is 1.55. The second-order valence-electron chi connectivity index (χ2n) is 3.97. The van der Waals surface area contributed by atoms with E-state index in [0.717, 1.165) is 5.56 Å². The topological polar surface area (TPSA) is 84.2 Å². The average Bonchev–Trinajstić information content (AvgIpc) is 2.97. The van der Waals surface area contributed by atoms with Crippen LogP contribution in [0.25, 0.3) is 0 Å². The number of aromatic nitrogens is 2. The molecule has 0 fully saturated rings. The zero-order valence-electron chi connectivity index (χ0n) is 10.1. The van der Waals surface area contributed by atoms with E-state index < -0.39 is 5.97 Å². The number of nitrogens with zero attached hydrogens (tertiary/aromatic N) is 2. The summed E-state index contributed by atoms with van der Waals surface area (Å²) in [6.45, 7) is -0.217. The van der Waals surface area contributed by atoms with Crippen LogP contribution in [-0.4, -0.2) is 26.8 Å². The third kappa shape index (κ3) is 4.22. The first-order valence-corrected chi connectivity index (χ1v) is 6.64. The van der Waals surface area contributed by atoms with Crippen LogP contribution >= 0.6 is 11.3 Å². The lowest BCUT2D eigenvalue weighted by Crippen LogP contribution is -2.14. The Labute approximate surface area is 113 Å². The Morgan fingerprint density at radius 3 is 2.95 bits per heavy atom. The predicted octanol–water partition coefficient (Wildman–Crippen LogP) is 1.60. The molecule has 19 heavy (non-hydrogen) atoms. The van der Waals surface area contributed by atoms with Crippen molar-refractivity contribution in [2.24, 2.45) is 0 Å². The maximum Gasteiger partial charge on any atom is 0.325 e. The molecule has 0 aliphatic heterocycles. The van der Waals surface area contributed by atoms with Gasteiger partial charge in [-0.15, -0.1) is 0 Å². The maximum absolute atomic E-state index is 11.7. The van der Waals surface area contributed by atoms with Crippen molar-refractivity contribution in [1.29, 1.82) is 0 Å². The molecule has 0 aliphatic rings. The van der Waals surface area contributed by atoms with Gasteiger partial charge in [0.25, 0.3) is 0 Å². The van der Waals surface area contributed by atoms with Gasteiger partial charge in [0.1, 0.15) is 6.54 Å². The summed E-state index contributed by atoms with van der Waals surface area (Å²) in [5, 5.41) is 19.2. The molecule has 2 rings (SSSR count). The molecule has 0 aromatic carbocycles. The fourth-order valence-corrected chi connectivity index (χ4v) is 2.26.